The molecule has 1 heterocycles. The van der Waals surface area contributed by atoms with Crippen LogP contribution in [0.2, 0.25) is 0 Å². The molecule has 0 bridgehead atoms. The van der Waals surface area contributed by atoms with Crippen molar-refractivity contribution in [1.29, 1.82) is 0 Å². The van der Waals surface area contributed by atoms with Crippen LogP contribution in [0.3, 0.4) is 0 Å². The Morgan fingerprint density at radius 3 is 2.38 bits per heavy atom. The van der Waals surface area contributed by atoms with Gasteiger partial charge < -0.3 is 4.90 Å². The van der Waals surface area contributed by atoms with E-state index in [0.717, 1.165) is 38.3 Å². The fourth-order valence-corrected chi connectivity index (χ4v) is 2.57. The normalized spacial score (nSPS) is 16.8. The Labute approximate surface area is 94.8 Å². The molecule has 0 aliphatic carbocycles. The van der Waals surface area contributed by atoms with Crippen molar-refractivity contribution in [3.8, 4) is 0 Å². The summed E-state index contributed by atoms with van der Waals surface area (Å²) < 4.78 is 36.2. The Balaban J connectivity index is 2.37. The van der Waals surface area contributed by atoms with Crippen LogP contribution in [0.15, 0.2) is 23.1 Å². The smallest absolute Gasteiger partial charge is 0.175 e. The molecule has 2 rings (SSSR count). The average molecular weight is 243 g/mol. The van der Waals surface area contributed by atoms with E-state index in [4.69, 9.17) is 0 Å². The maximum atomic E-state index is 13.7. The van der Waals surface area contributed by atoms with Crippen molar-refractivity contribution in [2.24, 2.45) is 0 Å². The van der Waals surface area contributed by atoms with E-state index in [1.54, 1.807) is 6.07 Å². The minimum atomic E-state index is -3.32. The van der Waals surface area contributed by atoms with E-state index in [1.807, 2.05) is 4.90 Å². The van der Waals surface area contributed by atoms with Gasteiger partial charge in [0.05, 0.1) is 10.6 Å². The topological polar surface area (TPSA) is 37.4 Å². The molecule has 1 fully saturated rings. The summed E-state index contributed by atoms with van der Waals surface area (Å²) in [6.45, 7) is 1.68. The van der Waals surface area contributed by atoms with Gasteiger partial charge >= 0.3 is 0 Å². The molecule has 1 aliphatic rings. The van der Waals surface area contributed by atoms with Crippen LogP contribution in [0, 0.1) is 5.82 Å². The molecule has 0 amide bonds. The third-order valence-corrected chi connectivity index (χ3v) is 3.90. The highest BCUT2D eigenvalue weighted by Crippen LogP contribution is 2.25. The molecule has 0 atom stereocenters. The Bertz CT molecular complexity index is 493. The first-order chi connectivity index (χ1) is 7.48. The Hall–Kier alpha value is -1.10. The second-order valence-corrected chi connectivity index (χ2v) is 6.10. The van der Waals surface area contributed by atoms with Crippen LogP contribution in [0.25, 0.3) is 0 Å². The van der Waals surface area contributed by atoms with Crippen molar-refractivity contribution in [2.45, 2.75) is 17.7 Å². The highest BCUT2D eigenvalue weighted by atomic mass is 32.2. The molecule has 88 valence electrons. The van der Waals surface area contributed by atoms with Crippen LogP contribution in [0.5, 0.6) is 0 Å². The van der Waals surface area contributed by atoms with Gasteiger partial charge in [0.25, 0.3) is 0 Å². The Kier molecular flexibility index (Phi) is 2.88. The van der Waals surface area contributed by atoms with Crippen molar-refractivity contribution < 1.29 is 12.8 Å². The summed E-state index contributed by atoms with van der Waals surface area (Å²) in [7, 11) is -3.32. The fourth-order valence-electron chi connectivity index (χ4n) is 1.93. The molecular weight excluding hydrogens is 229 g/mol. The van der Waals surface area contributed by atoms with Gasteiger partial charge in [-0.25, -0.2) is 12.8 Å². The molecule has 1 aromatic rings. The second kappa shape index (κ2) is 4.05. The molecule has 1 aliphatic heterocycles. The molecule has 0 unspecified atom stereocenters. The number of nitrogens with zero attached hydrogens (tertiary/aromatic N) is 1. The quantitative estimate of drug-likeness (QED) is 0.795. The average Bonchev–Trinajstić information content (AvgIpc) is 2.69. The Morgan fingerprint density at radius 2 is 1.88 bits per heavy atom. The largest absolute Gasteiger partial charge is 0.369 e. The number of hydrogen-bond acceptors (Lipinski definition) is 3. The first-order valence-corrected chi connectivity index (χ1v) is 7.12. The van der Waals surface area contributed by atoms with Crippen LogP contribution in [0.1, 0.15) is 12.8 Å². The lowest BCUT2D eigenvalue weighted by atomic mass is 10.3. The van der Waals surface area contributed by atoms with E-state index >= 15 is 0 Å². The zero-order valence-electron chi connectivity index (χ0n) is 9.11. The molecule has 3 nitrogen and oxygen atoms in total. The Morgan fingerprint density at radius 1 is 1.25 bits per heavy atom. The van der Waals surface area contributed by atoms with E-state index in [-0.39, 0.29) is 4.90 Å². The first kappa shape index (κ1) is 11.4. The van der Waals surface area contributed by atoms with Crippen molar-refractivity contribution in [3.05, 3.63) is 24.0 Å². The molecule has 5 heteroatoms. The molecule has 1 saturated heterocycles. The third kappa shape index (κ3) is 2.19. The van der Waals surface area contributed by atoms with Crippen molar-refractivity contribution in [3.63, 3.8) is 0 Å². The number of hydrogen-bond donors (Lipinski definition) is 0. The van der Waals surface area contributed by atoms with Gasteiger partial charge in [-0.15, -0.1) is 0 Å². The van der Waals surface area contributed by atoms with Crippen LogP contribution in [-0.2, 0) is 9.84 Å². The van der Waals surface area contributed by atoms with Crippen LogP contribution in [0.4, 0.5) is 10.1 Å². The molecule has 0 N–H and O–H groups in total. The fraction of sp³-hybridized carbons (Fsp3) is 0.455. The van der Waals surface area contributed by atoms with E-state index in [9.17, 15) is 12.8 Å². The lowest BCUT2D eigenvalue weighted by Gasteiger charge is -2.18. The maximum absolute atomic E-state index is 13.7. The van der Waals surface area contributed by atoms with Gasteiger partial charge in [0, 0.05) is 19.3 Å². The molecule has 0 saturated carbocycles. The van der Waals surface area contributed by atoms with Gasteiger partial charge in [-0.1, -0.05) is 0 Å². The van der Waals surface area contributed by atoms with Crippen molar-refractivity contribution >= 4 is 15.5 Å². The zero-order valence-corrected chi connectivity index (χ0v) is 9.93. The molecule has 16 heavy (non-hydrogen) atoms. The summed E-state index contributed by atoms with van der Waals surface area (Å²) in [5.41, 5.74) is 0.505. The summed E-state index contributed by atoms with van der Waals surface area (Å²) in [5.74, 6) is -0.454. The van der Waals surface area contributed by atoms with Gasteiger partial charge in [0.2, 0.25) is 0 Å². The third-order valence-electron chi connectivity index (χ3n) is 2.79. The first-order valence-electron chi connectivity index (χ1n) is 5.23. The zero-order chi connectivity index (χ0) is 11.8. The van der Waals surface area contributed by atoms with Crippen molar-refractivity contribution in [1.82, 2.24) is 0 Å². The van der Waals surface area contributed by atoms with Gasteiger partial charge in [-0.05, 0) is 31.0 Å². The van der Waals surface area contributed by atoms with Gasteiger partial charge in [0.1, 0.15) is 5.82 Å². The predicted molar refractivity (Wildman–Crippen MR) is 61.0 cm³/mol. The summed E-state index contributed by atoms with van der Waals surface area (Å²) in [6, 6.07) is 4.12. The summed E-state index contributed by atoms with van der Waals surface area (Å²) >= 11 is 0. The highest BCUT2D eigenvalue weighted by Gasteiger charge is 2.18. The van der Waals surface area contributed by atoms with Crippen LogP contribution in [-0.4, -0.2) is 27.8 Å². The molecule has 0 radical (unpaired) electrons. The molecule has 0 spiro atoms. The number of anilines is 1. The summed E-state index contributed by atoms with van der Waals surface area (Å²) in [6.07, 6.45) is 3.21. The molecule has 0 aromatic heterocycles. The molecular formula is C11H14FNO2S. The minimum Gasteiger partial charge on any atom is -0.369 e. The number of rotatable bonds is 2. The maximum Gasteiger partial charge on any atom is 0.175 e. The minimum absolute atomic E-state index is 0.0351. The lowest BCUT2D eigenvalue weighted by Crippen LogP contribution is -2.19. The lowest BCUT2D eigenvalue weighted by molar-refractivity contribution is 0.595. The van der Waals surface area contributed by atoms with Gasteiger partial charge in [0.15, 0.2) is 9.84 Å². The SMILES string of the molecule is CS(=O)(=O)c1ccc(N2CCCC2)c(F)c1. The number of sulfone groups is 1. The second-order valence-electron chi connectivity index (χ2n) is 4.08. The van der Waals surface area contributed by atoms with E-state index < -0.39 is 15.7 Å². The monoisotopic (exact) mass is 243 g/mol. The van der Waals surface area contributed by atoms with Crippen LogP contribution >= 0.6 is 0 Å². The summed E-state index contributed by atoms with van der Waals surface area (Å²) in [4.78, 5) is 1.98. The highest BCUT2D eigenvalue weighted by molar-refractivity contribution is 7.90. The number of halogens is 1. The van der Waals surface area contributed by atoms with Gasteiger partial charge in [-0.2, -0.15) is 0 Å². The van der Waals surface area contributed by atoms with E-state index in [0.29, 0.717) is 5.69 Å². The number of benzene rings is 1. The van der Waals surface area contributed by atoms with E-state index in [2.05, 4.69) is 0 Å². The van der Waals surface area contributed by atoms with Crippen LogP contribution < -0.4 is 4.90 Å². The van der Waals surface area contributed by atoms with Crippen molar-refractivity contribution in [2.75, 3.05) is 24.2 Å². The van der Waals surface area contributed by atoms with Gasteiger partial charge in [-0.3, -0.25) is 0 Å². The predicted octanol–water partition coefficient (Wildman–Crippen LogP) is 1.83. The summed E-state index contributed by atoms with van der Waals surface area (Å²) in [5, 5.41) is 0. The standard InChI is InChI=1S/C11H14FNO2S/c1-16(14,15)9-4-5-11(10(12)8-9)13-6-2-3-7-13/h4-5,8H,2-3,6-7H2,1H3. The molecule has 1 aromatic carbocycles. The van der Waals surface area contributed by atoms with E-state index in [1.165, 1.54) is 6.07 Å².